The van der Waals surface area contributed by atoms with E-state index in [-0.39, 0.29) is 27.5 Å². The molecule has 1 aromatic rings. The van der Waals surface area contributed by atoms with E-state index < -0.39 is 20.3 Å². The fourth-order valence-electron chi connectivity index (χ4n) is 2.00. The first-order chi connectivity index (χ1) is 9.67. The monoisotopic (exact) mass is 345 g/mol. The van der Waals surface area contributed by atoms with Crippen molar-refractivity contribution >= 4 is 33.2 Å². The first-order valence-corrected chi connectivity index (χ1v) is 7.90. The molecule has 110 valence electrons. The SMILES string of the molecule is N#Cc1c[nH]cc(C2(Cl)C=C(Cl)C=C(S(N)(=O)=O)C2)c1=O. The van der Waals surface area contributed by atoms with Gasteiger partial charge < -0.3 is 4.98 Å². The summed E-state index contributed by atoms with van der Waals surface area (Å²) in [6, 6.07) is 1.73. The van der Waals surface area contributed by atoms with Crippen molar-refractivity contribution in [2.45, 2.75) is 11.3 Å². The number of allylic oxidation sites excluding steroid dienone is 4. The largest absolute Gasteiger partial charge is 0.366 e. The molecule has 0 radical (unpaired) electrons. The highest BCUT2D eigenvalue weighted by atomic mass is 35.5. The zero-order valence-corrected chi connectivity index (χ0v) is 12.8. The number of sulfonamides is 1. The van der Waals surface area contributed by atoms with Gasteiger partial charge in [0.1, 0.15) is 11.6 Å². The highest BCUT2D eigenvalue weighted by Crippen LogP contribution is 2.41. The van der Waals surface area contributed by atoms with Gasteiger partial charge >= 0.3 is 0 Å². The topological polar surface area (TPSA) is 117 Å². The first-order valence-electron chi connectivity index (χ1n) is 5.60. The predicted octanol–water partition coefficient (Wildman–Crippen LogP) is 1.38. The van der Waals surface area contributed by atoms with Gasteiger partial charge in [0.05, 0.1) is 9.78 Å². The molecule has 0 aromatic carbocycles. The van der Waals surface area contributed by atoms with E-state index in [4.69, 9.17) is 33.6 Å². The zero-order chi connectivity index (χ0) is 15.8. The average Bonchev–Trinajstić information content (AvgIpc) is 2.36. The molecule has 1 aliphatic rings. The third kappa shape index (κ3) is 3.04. The maximum absolute atomic E-state index is 12.2. The number of alkyl halides is 1. The third-order valence-electron chi connectivity index (χ3n) is 2.98. The van der Waals surface area contributed by atoms with Crippen molar-refractivity contribution in [1.29, 1.82) is 5.26 Å². The van der Waals surface area contributed by atoms with Crippen molar-refractivity contribution in [3.05, 3.63) is 55.8 Å². The Morgan fingerprint density at radius 1 is 1.43 bits per heavy atom. The normalized spacial score (nSPS) is 22.2. The lowest BCUT2D eigenvalue weighted by molar-refractivity contribution is 0.597. The van der Waals surface area contributed by atoms with Gasteiger partial charge in [0.2, 0.25) is 15.5 Å². The molecule has 1 aliphatic carbocycles. The molecule has 0 aliphatic heterocycles. The second-order valence-corrected chi connectivity index (χ2v) is 7.17. The van der Waals surface area contributed by atoms with E-state index in [2.05, 4.69) is 4.98 Å². The van der Waals surface area contributed by atoms with Crippen LogP contribution in [0.5, 0.6) is 0 Å². The van der Waals surface area contributed by atoms with E-state index >= 15 is 0 Å². The summed E-state index contributed by atoms with van der Waals surface area (Å²) in [5.41, 5.74) is -0.706. The molecule has 3 N–H and O–H groups in total. The van der Waals surface area contributed by atoms with Gasteiger partial charge in [0.25, 0.3) is 0 Å². The van der Waals surface area contributed by atoms with Crippen LogP contribution >= 0.6 is 23.2 Å². The third-order valence-corrected chi connectivity index (χ3v) is 4.63. The van der Waals surface area contributed by atoms with Crippen LogP contribution in [0.2, 0.25) is 0 Å². The van der Waals surface area contributed by atoms with E-state index in [1.165, 1.54) is 24.5 Å². The number of nitrogens with one attached hydrogen (secondary N) is 1. The first kappa shape index (κ1) is 15.8. The number of nitrogens with zero attached hydrogens (tertiary/aromatic N) is 1. The van der Waals surface area contributed by atoms with Crippen LogP contribution in [0, 0.1) is 11.3 Å². The molecular formula is C12H9Cl2N3O3S. The van der Waals surface area contributed by atoms with E-state index in [9.17, 15) is 13.2 Å². The summed E-state index contributed by atoms with van der Waals surface area (Å²) in [6.07, 6.45) is 4.83. The number of H-pyrrole nitrogens is 1. The minimum atomic E-state index is -3.99. The number of nitriles is 1. The van der Waals surface area contributed by atoms with E-state index in [1.54, 1.807) is 6.07 Å². The Hall–Kier alpha value is -1.59. The smallest absolute Gasteiger partial charge is 0.234 e. The summed E-state index contributed by atoms with van der Waals surface area (Å²) in [4.78, 5) is 13.1. The Balaban J connectivity index is 2.63. The second-order valence-electron chi connectivity index (χ2n) is 4.45. The van der Waals surface area contributed by atoms with Gasteiger partial charge in [0.15, 0.2) is 0 Å². The maximum Gasteiger partial charge on any atom is 0.234 e. The fraction of sp³-hybridized carbons (Fsp3) is 0.167. The Kier molecular flexibility index (Phi) is 4.00. The van der Waals surface area contributed by atoms with Gasteiger partial charge in [-0.2, -0.15) is 5.26 Å². The number of aromatic nitrogens is 1. The van der Waals surface area contributed by atoms with Gasteiger partial charge in [0, 0.05) is 29.4 Å². The molecule has 1 atom stereocenters. The van der Waals surface area contributed by atoms with Crippen LogP contribution < -0.4 is 10.6 Å². The van der Waals surface area contributed by atoms with Crippen molar-refractivity contribution in [2.75, 3.05) is 0 Å². The molecule has 6 nitrogen and oxygen atoms in total. The van der Waals surface area contributed by atoms with Crippen LogP contribution in [0.15, 0.2) is 39.3 Å². The lowest BCUT2D eigenvalue weighted by Crippen LogP contribution is -2.31. The Bertz CT molecular complexity index is 864. The molecule has 0 spiro atoms. The molecule has 0 amide bonds. The second kappa shape index (κ2) is 5.31. The van der Waals surface area contributed by atoms with Crippen LogP contribution in [0.3, 0.4) is 0 Å². The highest BCUT2D eigenvalue weighted by molar-refractivity contribution is 7.93. The summed E-state index contributed by atoms with van der Waals surface area (Å²) in [5, 5.41) is 14.0. The summed E-state index contributed by atoms with van der Waals surface area (Å²) in [7, 11) is -3.99. The van der Waals surface area contributed by atoms with Crippen molar-refractivity contribution < 1.29 is 8.42 Å². The number of pyridine rings is 1. The van der Waals surface area contributed by atoms with Crippen molar-refractivity contribution in [2.24, 2.45) is 5.14 Å². The van der Waals surface area contributed by atoms with Gasteiger partial charge in [-0.15, -0.1) is 11.6 Å². The molecular weight excluding hydrogens is 337 g/mol. The van der Waals surface area contributed by atoms with Crippen LogP contribution in [-0.4, -0.2) is 13.4 Å². The van der Waals surface area contributed by atoms with Gasteiger partial charge in [-0.05, 0) is 12.2 Å². The number of hydrogen-bond donors (Lipinski definition) is 2. The summed E-state index contributed by atoms with van der Waals surface area (Å²) >= 11 is 12.3. The minimum Gasteiger partial charge on any atom is -0.366 e. The van der Waals surface area contributed by atoms with E-state index in [0.29, 0.717) is 0 Å². The number of aromatic amines is 1. The molecule has 9 heteroatoms. The Morgan fingerprint density at radius 3 is 2.67 bits per heavy atom. The van der Waals surface area contributed by atoms with Crippen LogP contribution in [0.1, 0.15) is 17.5 Å². The molecule has 1 unspecified atom stereocenters. The average molecular weight is 346 g/mol. The lowest BCUT2D eigenvalue weighted by atomic mass is 9.91. The van der Waals surface area contributed by atoms with Crippen molar-refractivity contribution in [3.8, 4) is 6.07 Å². The number of hydrogen-bond acceptors (Lipinski definition) is 4. The van der Waals surface area contributed by atoms with Crippen LogP contribution in [0.4, 0.5) is 0 Å². The standard InChI is InChI=1S/C12H9Cl2N3O3S/c13-8-1-9(21(16,19)20)3-12(14,2-8)10-6-17-5-7(4-15)11(10)18/h1-2,5-6H,3H2,(H,17,18)(H2,16,19,20). The molecule has 1 aromatic heterocycles. The number of rotatable bonds is 2. The molecule has 0 saturated carbocycles. The molecule has 1 heterocycles. The van der Waals surface area contributed by atoms with Gasteiger partial charge in [-0.1, -0.05) is 11.6 Å². The Morgan fingerprint density at radius 2 is 2.10 bits per heavy atom. The number of nitrogens with two attached hydrogens (primary N) is 1. The molecule has 0 fully saturated rings. The fourth-order valence-corrected chi connectivity index (χ4v) is 3.64. The highest BCUT2D eigenvalue weighted by Gasteiger charge is 2.37. The molecule has 21 heavy (non-hydrogen) atoms. The van der Waals surface area contributed by atoms with Crippen LogP contribution in [-0.2, 0) is 14.9 Å². The van der Waals surface area contributed by atoms with Crippen LogP contribution in [0.25, 0.3) is 0 Å². The van der Waals surface area contributed by atoms with E-state index in [1.807, 2.05) is 0 Å². The quantitative estimate of drug-likeness (QED) is 0.787. The van der Waals surface area contributed by atoms with E-state index in [0.717, 1.165) is 0 Å². The summed E-state index contributed by atoms with van der Waals surface area (Å²) in [5.74, 6) is 0. The van der Waals surface area contributed by atoms with Gasteiger partial charge in [-0.3, -0.25) is 4.79 Å². The van der Waals surface area contributed by atoms with Gasteiger partial charge in [-0.25, -0.2) is 13.6 Å². The lowest BCUT2D eigenvalue weighted by Gasteiger charge is -2.27. The van der Waals surface area contributed by atoms with Crippen molar-refractivity contribution in [1.82, 2.24) is 4.98 Å². The number of primary sulfonamides is 1. The predicted molar refractivity (Wildman–Crippen MR) is 79.1 cm³/mol. The maximum atomic E-state index is 12.2. The molecule has 2 rings (SSSR count). The zero-order valence-electron chi connectivity index (χ0n) is 10.4. The van der Waals surface area contributed by atoms with Crippen molar-refractivity contribution in [3.63, 3.8) is 0 Å². The molecule has 0 bridgehead atoms. The summed E-state index contributed by atoms with van der Waals surface area (Å²) < 4.78 is 23.0. The number of halogens is 2. The summed E-state index contributed by atoms with van der Waals surface area (Å²) in [6.45, 7) is 0. The molecule has 0 saturated heterocycles. The Labute approximate surface area is 130 Å². The minimum absolute atomic E-state index is 0.0237.